The van der Waals surface area contributed by atoms with Gasteiger partial charge >= 0.3 is 0 Å². The lowest BCUT2D eigenvalue weighted by molar-refractivity contribution is 1.07. The van der Waals surface area contributed by atoms with Crippen LogP contribution >= 0.6 is 27.5 Å². The molecule has 0 bridgehead atoms. The molecule has 0 aliphatic rings. The molecule has 5 nitrogen and oxygen atoms in total. The van der Waals surface area contributed by atoms with Crippen molar-refractivity contribution in [3.63, 3.8) is 0 Å². The summed E-state index contributed by atoms with van der Waals surface area (Å²) >= 11 is 9.40. The molecule has 3 N–H and O–H groups in total. The van der Waals surface area contributed by atoms with Crippen molar-refractivity contribution in [1.29, 1.82) is 0 Å². The molecule has 0 saturated heterocycles. The maximum absolute atomic E-state index is 5.88. The number of benzene rings is 2. The molecule has 3 rings (SSSR count). The van der Waals surface area contributed by atoms with Crippen LogP contribution in [0.3, 0.4) is 0 Å². The van der Waals surface area contributed by atoms with Crippen LogP contribution in [0, 0.1) is 6.92 Å². The first-order chi connectivity index (χ1) is 11.0. The highest BCUT2D eigenvalue weighted by molar-refractivity contribution is 9.10. The standard InChI is InChI=1S/C16H13BrClN5/c1-9-2-7-13(17)12(8-9)14-21-15(19)23-16(22-14)20-11-5-3-10(18)4-6-11/h2-8H,1H3,(H3,19,20,21,22,23). The summed E-state index contributed by atoms with van der Waals surface area (Å²) in [5, 5.41) is 3.76. The first kappa shape index (κ1) is 15.7. The Hall–Kier alpha value is -2.18. The van der Waals surface area contributed by atoms with E-state index in [-0.39, 0.29) is 5.95 Å². The Morgan fingerprint density at radius 2 is 1.78 bits per heavy atom. The van der Waals surface area contributed by atoms with Gasteiger partial charge in [-0.1, -0.05) is 39.2 Å². The fourth-order valence-electron chi connectivity index (χ4n) is 2.04. The van der Waals surface area contributed by atoms with Gasteiger partial charge < -0.3 is 11.1 Å². The minimum Gasteiger partial charge on any atom is -0.368 e. The number of nitrogens with zero attached hydrogens (tertiary/aromatic N) is 3. The van der Waals surface area contributed by atoms with Crippen LogP contribution in [0.25, 0.3) is 11.4 Å². The molecule has 0 spiro atoms. The van der Waals surface area contributed by atoms with Gasteiger partial charge in [0.05, 0.1) is 0 Å². The SMILES string of the molecule is Cc1ccc(Br)c(-c2nc(N)nc(Nc3ccc(Cl)cc3)n2)c1. The van der Waals surface area contributed by atoms with Crippen molar-refractivity contribution in [2.45, 2.75) is 6.92 Å². The highest BCUT2D eigenvalue weighted by Crippen LogP contribution is 2.28. The topological polar surface area (TPSA) is 76.7 Å². The molecule has 0 saturated carbocycles. The number of halogens is 2. The minimum absolute atomic E-state index is 0.153. The predicted molar refractivity (Wildman–Crippen MR) is 96.8 cm³/mol. The van der Waals surface area contributed by atoms with E-state index in [0.717, 1.165) is 21.3 Å². The Balaban J connectivity index is 1.99. The fourth-order valence-corrected chi connectivity index (χ4v) is 2.59. The Bertz CT molecular complexity index is 852. The van der Waals surface area contributed by atoms with Gasteiger partial charge in [-0.05, 0) is 43.3 Å². The fraction of sp³-hybridized carbons (Fsp3) is 0.0625. The third-order valence-corrected chi connectivity index (χ3v) is 4.06. The van der Waals surface area contributed by atoms with Crippen molar-refractivity contribution in [1.82, 2.24) is 15.0 Å². The maximum atomic E-state index is 5.88. The molecule has 0 unspecified atom stereocenters. The third kappa shape index (κ3) is 3.78. The maximum Gasteiger partial charge on any atom is 0.232 e. The number of hydrogen-bond acceptors (Lipinski definition) is 5. The van der Waals surface area contributed by atoms with E-state index in [1.54, 1.807) is 12.1 Å². The molecular weight excluding hydrogens is 378 g/mol. The van der Waals surface area contributed by atoms with Crippen molar-refractivity contribution < 1.29 is 0 Å². The van der Waals surface area contributed by atoms with Crippen LogP contribution in [0.2, 0.25) is 5.02 Å². The van der Waals surface area contributed by atoms with Gasteiger partial charge in [0.2, 0.25) is 11.9 Å². The zero-order chi connectivity index (χ0) is 16.4. The highest BCUT2D eigenvalue weighted by atomic mass is 79.9. The molecule has 0 radical (unpaired) electrons. The van der Waals surface area contributed by atoms with Crippen molar-refractivity contribution in [3.8, 4) is 11.4 Å². The summed E-state index contributed by atoms with van der Waals surface area (Å²) in [5.41, 5.74) is 8.60. The van der Waals surface area contributed by atoms with Crippen LogP contribution in [0.15, 0.2) is 46.9 Å². The van der Waals surface area contributed by atoms with Crippen molar-refractivity contribution in [3.05, 3.63) is 57.5 Å². The largest absolute Gasteiger partial charge is 0.368 e. The molecule has 2 aromatic carbocycles. The van der Waals surface area contributed by atoms with E-state index in [9.17, 15) is 0 Å². The van der Waals surface area contributed by atoms with Crippen LogP contribution in [0.4, 0.5) is 17.6 Å². The first-order valence-electron chi connectivity index (χ1n) is 6.82. The van der Waals surface area contributed by atoms with E-state index >= 15 is 0 Å². The summed E-state index contributed by atoms with van der Waals surface area (Å²) in [4.78, 5) is 12.8. The molecule has 116 valence electrons. The second-order valence-corrected chi connectivity index (χ2v) is 6.25. The van der Waals surface area contributed by atoms with E-state index in [4.69, 9.17) is 17.3 Å². The van der Waals surface area contributed by atoms with Gasteiger partial charge in [-0.25, -0.2) is 0 Å². The van der Waals surface area contributed by atoms with E-state index in [2.05, 4.69) is 36.2 Å². The lowest BCUT2D eigenvalue weighted by Gasteiger charge is -2.09. The average molecular weight is 391 g/mol. The second-order valence-electron chi connectivity index (χ2n) is 4.96. The number of aryl methyl sites for hydroxylation is 1. The zero-order valence-corrected chi connectivity index (χ0v) is 14.6. The van der Waals surface area contributed by atoms with Crippen molar-refractivity contribution in [2.24, 2.45) is 0 Å². The van der Waals surface area contributed by atoms with E-state index in [1.807, 2.05) is 37.3 Å². The molecule has 1 aromatic heterocycles. The lowest BCUT2D eigenvalue weighted by Crippen LogP contribution is -2.05. The number of nitrogen functional groups attached to an aromatic ring is 1. The summed E-state index contributed by atoms with van der Waals surface area (Å²) in [7, 11) is 0. The Kier molecular flexibility index (Phi) is 4.45. The number of nitrogens with one attached hydrogen (secondary N) is 1. The average Bonchev–Trinajstić information content (AvgIpc) is 2.51. The molecule has 0 amide bonds. The van der Waals surface area contributed by atoms with Crippen LogP contribution in [-0.2, 0) is 0 Å². The molecule has 0 aliphatic heterocycles. The summed E-state index contributed by atoms with van der Waals surface area (Å²) in [6.45, 7) is 2.01. The number of rotatable bonds is 3. The van der Waals surface area contributed by atoms with Gasteiger partial charge in [0.15, 0.2) is 5.82 Å². The van der Waals surface area contributed by atoms with Crippen LogP contribution in [0.5, 0.6) is 0 Å². The zero-order valence-electron chi connectivity index (χ0n) is 12.2. The minimum atomic E-state index is 0.153. The van der Waals surface area contributed by atoms with Gasteiger partial charge in [-0.2, -0.15) is 15.0 Å². The normalized spacial score (nSPS) is 10.6. The number of aromatic nitrogens is 3. The van der Waals surface area contributed by atoms with Crippen LogP contribution in [-0.4, -0.2) is 15.0 Å². The summed E-state index contributed by atoms with van der Waals surface area (Å²) in [5.74, 6) is 1.03. The number of hydrogen-bond donors (Lipinski definition) is 2. The van der Waals surface area contributed by atoms with E-state index in [1.165, 1.54) is 0 Å². The van der Waals surface area contributed by atoms with Gasteiger partial charge in [-0.3, -0.25) is 0 Å². The van der Waals surface area contributed by atoms with Crippen molar-refractivity contribution >= 4 is 45.1 Å². The molecule has 0 aliphatic carbocycles. The predicted octanol–water partition coefficient (Wildman–Crippen LogP) is 4.59. The first-order valence-corrected chi connectivity index (χ1v) is 7.99. The highest BCUT2D eigenvalue weighted by Gasteiger charge is 2.10. The van der Waals surface area contributed by atoms with Crippen LogP contribution in [0.1, 0.15) is 5.56 Å². The Morgan fingerprint density at radius 3 is 2.52 bits per heavy atom. The molecule has 0 atom stereocenters. The van der Waals surface area contributed by atoms with Gasteiger partial charge in [0.25, 0.3) is 0 Å². The summed E-state index contributed by atoms with van der Waals surface area (Å²) < 4.78 is 0.895. The molecule has 23 heavy (non-hydrogen) atoms. The van der Waals surface area contributed by atoms with Gasteiger partial charge in [-0.15, -0.1) is 0 Å². The molecule has 3 aromatic rings. The van der Waals surface area contributed by atoms with E-state index < -0.39 is 0 Å². The van der Waals surface area contributed by atoms with Gasteiger partial charge in [0, 0.05) is 20.7 Å². The van der Waals surface area contributed by atoms with Crippen LogP contribution < -0.4 is 11.1 Å². The Morgan fingerprint density at radius 1 is 1.04 bits per heavy atom. The summed E-state index contributed by atoms with van der Waals surface area (Å²) in [6, 6.07) is 13.2. The number of anilines is 3. The Labute approximate surface area is 147 Å². The van der Waals surface area contributed by atoms with Gasteiger partial charge in [0.1, 0.15) is 0 Å². The lowest BCUT2D eigenvalue weighted by atomic mass is 10.1. The quantitative estimate of drug-likeness (QED) is 0.684. The van der Waals surface area contributed by atoms with Crippen molar-refractivity contribution in [2.75, 3.05) is 11.1 Å². The molecule has 0 fully saturated rings. The molecule has 1 heterocycles. The molecule has 7 heteroatoms. The third-order valence-electron chi connectivity index (χ3n) is 3.12. The van der Waals surface area contributed by atoms with E-state index in [0.29, 0.717) is 16.8 Å². The smallest absolute Gasteiger partial charge is 0.232 e. The summed E-state index contributed by atoms with van der Waals surface area (Å²) in [6.07, 6.45) is 0. The molecular formula is C16H13BrClN5. The monoisotopic (exact) mass is 389 g/mol. The number of nitrogens with two attached hydrogens (primary N) is 1. The second kappa shape index (κ2) is 6.52.